The Kier molecular flexibility index (Phi) is 3.03. The van der Waals surface area contributed by atoms with Crippen molar-refractivity contribution < 1.29 is 10.2 Å². The lowest BCUT2D eigenvalue weighted by molar-refractivity contribution is -0.171. The van der Waals surface area contributed by atoms with Gasteiger partial charge in [-0.05, 0) is 85.0 Å². The predicted octanol–water partition coefficient (Wildman–Crippen LogP) is 4.06. The highest BCUT2D eigenvalue weighted by Crippen LogP contribution is 2.72. The first-order chi connectivity index (χ1) is 10.3. The standard InChI is InChI=1S/C20H32O2/c1-14-11-19-9-5-15-17(2,13-21)7-4-8-18(15,3)16(19)6-10-20(14,22)12-19/h15-16,21-22H,1,4-13H2,2-3H3/t15-,16-,17+,18-,19-,20+/m1/s1. The largest absolute Gasteiger partial charge is 0.396 e. The van der Waals surface area contributed by atoms with Gasteiger partial charge in [0, 0.05) is 6.61 Å². The van der Waals surface area contributed by atoms with Gasteiger partial charge in [0.25, 0.3) is 0 Å². The molecule has 0 aromatic carbocycles. The highest BCUT2D eigenvalue weighted by atomic mass is 16.3. The average Bonchev–Trinajstić information content (AvgIpc) is 2.64. The fraction of sp³-hybridized carbons (Fsp3) is 0.900. The van der Waals surface area contributed by atoms with E-state index < -0.39 is 5.60 Å². The summed E-state index contributed by atoms with van der Waals surface area (Å²) in [6.07, 6.45) is 10.3. The molecule has 1 spiro atoms. The minimum atomic E-state index is -0.561. The second-order valence-corrected chi connectivity index (χ2v) is 9.71. The Morgan fingerprint density at radius 2 is 1.82 bits per heavy atom. The van der Waals surface area contributed by atoms with E-state index in [1.54, 1.807) is 0 Å². The maximum absolute atomic E-state index is 10.9. The number of fused-ring (bicyclic) bond motifs is 3. The summed E-state index contributed by atoms with van der Waals surface area (Å²) in [6, 6.07) is 0. The molecular weight excluding hydrogens is 272 g/mol. The highest BCUT2D eigenvalue weighted by molar-refractivity contribution is 5.29. The first-order valence-electron chi connectivity index (χ1n) is 9.30. The van der Waals surface area contributed by atoms with Crippen LogP contribution in [0.4, 0.5) is 0 Å². The van der Waals surface area contributed by atoms with E-state index in [1.807, 2.05) is 0 Å². The molecule has 2 bridgehead atoms. The zero-order valence-electron chi connectivity index (χ0n) is 14.3. The van der Waals surface area contributed by atoms with Crippen LogP contribution in [0.5, 0.6) is 0 Å². The molecule has 4 aliphatic carbocycles. The maximum Gasteiger partial charge on any atom is 0.0860 e. The number of rotatable bonds is 1. The lowest BCUT2D eigenvalue weighted by atomic mass is 9.41. The normalized spacial score (nSPS) is 57.4. The molecule has 0 radical (unpaired) electrons. The number of hydrogen-bond donors (Lipinski definition) is 2. The van der Waals surface area contributed by atoms with E-state index in [1.165, 1.54) is 32.1 Å². The molecule has 2 N–H and O–H groups in total. The molecule has 22 heavy (non-hydrogen) atoms. The average molecular weight is 304 g/mol. The molecule has 4 rings (SSSR count). The van der Waals surface area contributed by atoms with Crippen molar-refractivity contribution in [3.05, 3.63) is 12.2 Å². The summed E-state index contributed by atoms with van der Waals surface area (Å²) in [5.74, 6) is 1.36. The van der Waals surface area contributed by atoms with E-state index in [9.17, 15) is 10.2 Å². The smallest absolute Gasteiger partial charge is 0.0860 e. The van der Waals surface area contributed by atoms with Gasteiger partial charge < -0.3 is 10.2 Å². The van der Waals surface area contributed by atoms with Crippen molar-refractivity contribution in [2.45, 2.75) is 77.2 Å². The zero-order valence-corrected chi connectivity index (χ0v) is 14.3. The van der Waals surface area contributed by atoms with Gasteiger partial charge >= 0.3 is 0 Å². The van der Waals surface area contributed by atoms with Gasteiger partial charge in [0.2, 0.25) is 0 Å². The second kappa shape index (κ2) is 4.39. The van der Waals surface area contributed by atoms with E-state index in [0.717, 1.165) is 31.3 Å². The molecule has 0 aromatic rings. The summed E-state index contributed by atoms with van der Waals surface area (Å²) < 4.78 is 0. The van der Waals surface area contributed by atoms with Crippen LogP contribution in [-0.4, -0.2) is 22.4 Å². The third-order valence-electron chi connectivity index (χ3n) is 8.64. The zero-order chi connectivity index (χ0) is 15.8. The molecule has 6 atom stereocenters. The number of aliphatic hydroxyl groups excluding tert-OH is 1. The highest BCUT2D eigenvalue weighted by Gasteiger charge is 2.66. The monoisotopic (exact) mass is 304 g/mol. The van der Waals surface area contributed by atoms with Crippen LogP contribution >= 0.6 is 0 Å². The van der Waals surface area contributed by atoms with Crippen LogP contribution in [0.3, 0.4) is 0 Å². The Hall–Kier alpha value is -0.340. The summed E-state index contributed by atoms with van der Waals surface area (Å²) >= 11 is 0. The molecule has 0 amide bonds. The fourth-order valence-electron chi connectivity index (χ4n) is 7.67. The van der Waals surface area contributed by atoms with Gasteiger partial charge in [-0.15, -0.1) is 0 Å². The lowest BCUT2D eigenvalue weighted by Crippen LogP contribution is -2.58. The first kappa shape index (κ1) is 15.2. The molecule has 4 fully saturated rings. The van der Waals surface area contributed by atoms with Gasteiger partial charge in [-0.25, -0.2) is 0 Å². The molecule has 0 aliphatic heterocycles. The molecule has 124 valence electrons. The minimum absolute atomic E-state index is 0.109. The second-order valence-electron chi connectivity index (χ2n) is 9.71. The topological polar surface area (TPSA) is 40.5 Å². The van der Waals surface area contributed by atoms with Gasteiger partial charge in [-0.3, -0.25) is 0 Å². The van der Waals surface area contributed by atoms with Crippen molar-refractivity contribution in [3.63, 3.8) is 0 Å². The van der Waals surface area contributed by atoms with E-state index >= 15 is 0 Å². The van der Waals surface area contributed by atoms with Gasteiger partial charge in [-0.1, -0.05) is 26.8 Å². The van der Waals surface area contributed by atoms with Gasteiger partial charge in [-0.2, -0.15) is 0 Å². The third kappa shape index (κ3) is 1.69. The SMILES string of the molecule is C=C1C[C@@]23CC[C@@H]4[C@](C)(CO)CCC[C@@]4(C)[C@H]2CC[C@]1(O)C3. The minimum Gasteiger partial charge on any atom is -0.396 e. The summed E-state index contributed by atoms with van der Waals surface area (Å²) in [5.41, 5.74) is 1.31. The van der Waals surface area contributed by atoms with Crippen LogP contribution in [0.1, 0.15) is 71.6 Å². The van der Waals surface area contributed by atoms with Crippen LogP contribution in [-0.2, 0) is 0 Å². The van der Waals surface area contributed by atoms with Crippen LogP contribution in [0.2, 0.25) is 0 Å². The Bertz CT molecular complexity index is 514. The molecule has 0 aromatic heterocycles. The summed E-state index contributed by atoms with van der Waals surface area (Å²) in [7, 11) is 0. The Morgan fingerprint density at radius 1 is 1.09 bits per heavy atom. The Balaban J connectivity index is 1.74. The van der Waals surface area contributed by atoms with E-state index in [0.29, 0.717) is 29.3 Å². The quantitative estimate of drug-likeness (QED) is 0.717. The summed E-state index contributed by atoms with van der Waals surface area (Å²) in [5, 5.41) is 21.0. The van der Waals surface area contributed by atoms with Crippen molar-refractivity contribution in [2.75, 3.05) is 6.61 Å². The maximum atomic E-state index is 10.9. The molecule has 0 heterocycles. The van der Waals surface area contributed by atoms with Crippen LogP contribution < -0.4 is 0 Å². The van der Waals surface area contributed by atoms with Crippen molar-refractivity contribution >= 4 is 0 Å². The molecule has 0 saturated heterocycles. The van der Waals surface area contributed by atoms with Gasteiger partial charge in [0.15, 0.2) is 0 Å². The number of aliphatic hydroxyl groups is 2. The van der Waals surface area contributed by atoms with Crippen molar-refractivity contribution in [1.82, 2.24) is 0 Å². The van der Waals surface area contributed by atoms with Crippen LogP contribution in [0.25, 0.3) is 0 Å². The molecule has 2 nitrogen and oxygen atoms in total. The van der Waals surface area contributed by atoms with Crippen LogP contribution in [0.15, 0.2) is 12.2 Å². The lowest BCUT2D eigenvalue weighted by Gasteiger charge is -2.64. The molecule has 0 unspecified atom stereocenters. The van der Waals surface area contributed by atoms with Crippen molar-refractivity contribution in [1.29, 1.82) is 0 Å². The number of hydrogen-bond acceptors (Lipinski definition) is 2. The van der Waals surface area contributed by atoms with Crippen molar-refractivity contribution in [3.8, 4) is 0 Å². The molecular formula is C20H32O2. The third-order valence-corrected chi connectivity index (χ3v) is 8.64. The van der Waals surface area contributed by atoms with Gasteiger partial charge in [0.05, 0.1) is 5.60 Å². The fourth-order valence-corrected chi connectivity index (χ4v) is 7.67. The molecule has 4 aliphatic rings. The summed E-state index contributed by atoms with van der Waals surface area (Å²) in [4.78, 5) is 0. The Morgan fingerprint density at radius 3 is 2.55 bits per heavy atom. The van der Waals surface area contributed by atoms with Gasteiger partial charge in [0.1, 0.15) is 0 Å². The molecule has 4 saturated carbocycles. The van der Waals surface area contributed by atoms with E-state index in [2.05, 4.69) is 20.4 Å². The van der Waals surface area contributed by atoms with Crippen molar-refractivity contribution in [2.24, 2.45) is 28.1 Å². The summed E-state index contributed by atoms with van der Waals surface area (Å²) in [6.45, 7) is 9.41. The van der Waals surface area contributed by atoms with Crippen LogP contribution in [0, 0.1) is 28.1 Å². The first-order valence-corrected chi connectivity index (χ1v) is 9.30. The predicted molar refractivity (Wildman–Crippen MR) is 88.4 cm³/mol. The Labute approximate surface area is 135 Å². The molecule has 2 heteroatoms. The van der Waals surface area contributed by atoms with E-state index in [4.69, 9.17) is 0 Å². The van der Waals surface area contributed by atoms with E-state index in [-0.39, 0.29) is 5.41 Å².